The third kappa shape index (κ3) is 2.77. The van der Waals surface area contributed by atoms with Crippen LogP contribution in [0.4, 0.5) is 5.13 Å². The molecule has 0 atom stereocenters. The fourth-order valence-electron chi connectivity index (χ4n) is 1.89. The number of nitrogens with zero attached hydrogens (tertiary/aromatic N) is 3. The number of methoxy groups -OCH3 is 1. The molecule has 1 saturated carbocycles. The lowest BCUT2D eigenvalue weighted by Gasteiger charge is -1.94. The Morgan fingerprint density at radius 1 is 1.32 bits per heavy atom. The SMILES string of the molecule is CCNc1nnc(-c2sc(COC)nc2C2CC2)s1. The molecule has 1 aliphatic carbocycles. The lowest BCUT2D eigenvalue weighted by molar-refractivity contribution is 0.184. The van der Waals surface area contributed by atoms with Crippen LogP contribution >= 0.6 is 22.7 Å². The van der Waals surface area contributed by atoms with Crippen molar-refractivity contribution in [1.29, 1.82) is 0 Å². The minimum absolute atomic E-state index is 0.573. The van der Waals surface area contributed by atoms with E-state index in [1.807, 2.05) is 0 Å². The summed E-state index contributed by atoms with van der Waals surface area (Å²) in [6, 6.07) is 0. The molecule has 1 N–H and O–H groups in total. The van der Waals surface area contributed by atoms with Crippen molar-refractivity contribution in [2.75, 3.05) is 19.0 Å². The Morgan fingerprint density at radius 3 is 2.84 bits per heavy atom. The second-order valence-corrected chi connectivity index (χ2v) is 6.53. The van der Waals surface area contributed by atoms with Crippen LogP contribution in [-0.4, -0.2) is 28.8 Å². The first-order valence-corrected chi connectivity index (χ1v) is 8.01. The number of hydrogen-bond acceptors (Lipinski definition) is 7. The van der Waals surface area contributed by atoms with Crippen LogP contribution in [0.15, 0.2) is 0 Å². The number of thiazole rings is 1. The topological polar surface area (TPSA) is 59.9 Å². The van der Waals surface area contributed by atoms with Crippen molar-refractivity contribution in [1.82, 2.24) is 15.2 Å². The maximum absolute atomic E-state index is 5.18. The molecular formula is C12H16N4OS2. The standard InChI is InChI=1S/C12H16N4OS2/c1-3-13-12-16-15-11(19-12)10-9(7-4-5-7)14-8(18-10)6-17-2/h7H,3-6H2,1-2H3,(H,13,16). The van der Waals surface area contributed by atoms with E-state index >= 15 is 0 Å². The zero-order chi connectivity index (χ0) is 13.2. The summed E-state index contributed by atoms with van der Waals surface area (Å²) in [6.07, 6.45) is 2.48. The molecule has 0 aliphatic heterocycles. The molecular weight excluding hydrogens is 280 g/mol. The van der Waals surface area contributed by atoms with Crippen LogP contribution in [0.1, 0.15) is 36.4 Å². The van der Waals surface area contributed by atoms with E-state index in [0.29, 0.717) is 12.5 Å². The smallest absolute Gasteiger partial charge is 0.206 e. The molecule has 0 aromatic carbocycles. The van der Waals surface area contributed by atoms with Crippen molar-refractivity contribution in [3.05, 3.63) is 10.7 Å². The number of anilines is 1. The van der Waals surface area contributed by atoms with Gasteiger partial charge in [0.25, 0.3) is 0 Å². The molecule has 0 bridgehead atoms. The fraction of sp³-hybridized carbons (Fsp3) is 0.583. The summed E-state index contributed by atoms with van der Waals surface area (Å²) in [5.41, 5.74) is 1.19. The quantitative estimate of drug-likeness (QED) is 0.887. The van der Waals surface area contributed by atoms with Gasteiger partial charge in [-0.05, 0) is 19.8 Å². The third-order valence-electron chi connectivity index (χ3n) is 2.88. The van der Waals surface area contributed by atoms with Crippen LogP contribution in [0.25, 0.3) is 9.88 Å². The number of nitrogens with one attached hydrogen (secondary N) is 1. The number of rotatable bonds is 6. The molecule has 0 radical (unpaired) electrons. The zero-order valence-electron chi connectivity index (χ0n) is 11.0. The molecule has 2 aromatic rings. The van der Waals surface area contributed by atoms with Gasteiger partial charge in [0.1, 0.15) is 5.01 Å². The Bertz CT molecular complexity index is 562. The summed E-state index contributed by atoms with van der Waals surface area (Å²) in [7, 11) is 1.70. The molecule has 0 spiro atoms. The summed E-state index contributed by atoms with van der Waals surface area (Å²) in [6.45, 7) is 3.49. The predicted molar refractivity (Wildman–Crippen MR) is 77.9 cm³/mol. The van der Waals surface area contributed by atoms with E-state index in [1.54, 1.807) is 29.8 Å². The van der Waals surface area contributed by atoms with Crippen molar-refractivity contribution in [2.45, 2.75) is 32.3 Å². The van der Waals surface area contributed by atoms with Gasteiger partial charge in [0.05, 0.1) is 17.2 Å². The first kappa shape index (κ1) is 13.0. The second kappa shape index (κ2) is 5.52. The normalized spacial score (nSPS) is 14.8. The van der Waals surface area contributed by atoms with Crippen LogP contribution in [0.3, 0.4) is 0 Å². The maximum Gasteiger partial charge on any atom is 0.206 e. The van der Waals surface area contributed by atoms with E-state index < -0.39 is 0 Å². The molecule has 7 heteroatoms. The molecule has 0 saturated heterocycles. The lowest BCUT2D eigenvalue weighted by atomic mass is 10.2. The average Bonchev–Trinajstić information content (AvgIpc) is 2.99. The maximum atomic E-state index is 5.18. The highest BCUT2D eigenvalue weighted by Crippen LogP contribution is 2.47. The Hall–Kier alpha value is -1.05. The van der Waals surface area contributed by atoms with E-state index in [1.165, 1.54) is 23.4 Å². The van der Waals surface area contributed by atoms with Gasteiger partial charge in [0.2, 0.25) is 5.13 Å². The molecule has 0 unspecified atom stereocenters. The van der Waals surface area contributed by atoms with Crippen molar-refractivity contribution in [3.63, 3.8) is 0 Å². The Balaban J connectivity index is 1.92. The van der Waals surface area contributed by atoms with E-state index in [-0.39, 0.29) is 0 Å². The molecule has 102 valence electrons. The summed E-state index contributed by atoms with van der Waals surface area (Å²) < 4.78 is 5.18. The highest BCUT2D eigenvalue weighted by Gasteiger charge is 2.31. The summed E-state index contributed by atoms with van der Waals surface area (Å²) >= 11 is 3.28. The van der Waals surface area contributed by atoms with Crippen molar-refractivity contribution in [2.24, 2.45) is 0 Å². The van der Waals surface area contributed by atoms with Crippen molar-refractivity contribution < 1.29 is 4.74 Å². The van der Waals surface area contributed by atoms with E-state index in [9.17, 15) is 0 Å². The molecule has 1 aliphatic rings. The van der Waals surface area contributed by atoms with Gasteiger partial charge in [0, 0.05) is 19.6 Å². The van der Waals surface area contributed by atoms with Gasteiger partial charge in [-0.3, -0.25) is 0 Å². The fourth-order valence-corrected chi connectivity index (χ4v) is 3.90. The molecule has 1 fully saturated rings. The third-order valence-corrected chi connectivity index (χ3v) is 4.96. The van der Waals surface area contributed by atoms with Gasteiger partial charge in [-0.15, -0.1) is 21.5 Å². The first-order chi connectivity index (χ1) is 9.31. The number of aromatic nitrogens is 3. The summed E-state index contributed by atoms with van der Waals surface area (Å²) in [5.74, 6) is 0.614. The van der Waals surface area contributed by atoms with Gasteiger partial charge >= 0.3 is 0 Å². The number of hydrogen-bond donors (Lipinski definition) is 1. The molecule has 19 heavy (non-hydrogen) atoms. The van der Waals surface area contributed by atoms with Crippen molar-refractivity contribution in [3.8, 4) is 9.88 Å². The molecule has 5 nitrogen and oxygen atoms in total. The van der Waals surface area contributed by atoms with Crippen LogP contribution in [0.2, 0.25) is 0 Å². The number of ether oxygens (including phenoxy) is 1. The molecule has 0 amide bonds. The first-order valence-electron chi connectivity index (χ1n) is 6.38. The van der Waals surface area contributed by atoms with E-state index in [4.69, 9.17) is 9.72 Å². The molecule has 3 rings (SSSR count). The largest absolute Gasteiger partial charge is 0.378 e. The van der Waals surface area contributed by atoms with Crippen molar-refractivity contribution >= 4 is 27.8 Å². The van der Waals surface area contributed by atoms with Gasteiger partial charge in [-0.1, -0.05) is 11.3 Å². The van der Waals surface area contributed by atoms with E-state index in [0.717, 1.165) is 21.7 Å². The average molecular weight is 296 g/mol. The summed E-state index contributed by atoms with van der Waals surface area (Å²) in [5, 5.41) is 14.5. The van der Waals surface area contributed by atoms with Gasteiger partial charge < -0.3 is 10.1 Å². The monoisotopic (exact) mass is 296 g/mol. The highest BCUT2D eigenvalue weighted by atomic mass is 32.1. The van der Waals surface area contributed by atoms with Gasteiger partial charge in [0.15, 0.2) is 5.01 Å². The van der Waals surface area contributed by atoms with Crippen LogP contribution < -0.4 is 5.32 Å². The molecule has 2 heterocycles. The second-order valence-electron chi connectivity index (χ2n) is 4.47. The summed E-state index contributed by atoms with van der Waals surface area (Å²) in [4.78, 5) is 5.88. The Morgan fingerprint density at radius 2 is 2.16 bits per heavy atom. The minimum atomic E-state index is 0.573. The highest BCUT2D eigenvalue weighted by molar-refractivity contribution is 7.23. The zero-order valence-corrected chi connectivity index (χ0v) is 12.6. The predicted octanol–water partition coefficient (Wildman–Crippen LogP) is 3.12. The van der Waals surface area contributed by atoms with Crippen LogP contribution in [-0.2, 0) is 11.3 Å². The lowest BCUT2D eigenvalue weighted by Crippen LogP contribution is -1.94. The van der Waals surface area contributed by atoms with Gasteiger partial charge in [-0.2, -0.15) is 0 Å². The van der Waals surface area contributed by atoms with Crippen LogP contribution in [0.5, 0.6) is 0 Å². The molecule has 2 aromatic heterocycles. The van der Waals surface area contributed by atoms with Gasteiger partial charge in [-0.25, -0.2) is 4.98 Å². The minimum Gasteiger partial charge on any atom is -0.378 e. The Labute approximate surface area is 120 Å². The van der Waals surface area contributed by atoms with Crippen LogP contribution in [0, 0.1) is 0 Å². The Kier molecular flexibility index (Phi) is 3.76. The van der Waals surface area contributed by atoms with E-state index in [2.05, 4.69) is 22.4 Å².